The zero-order valence-corrected chi connectivity index (χ0v) is 12.2. The van der Waals surface area contributed by atoms with Gasteiger partial charge in [0.25, 0.3) is 0 Å². The first-order valence-corrected chi connectivity index (χ1v) is 6.92. The number of hydrogen-bond acceptors (Lipinski definition) is 3. The molecule has 18 heavy (non-hydrogen) atoms. The van der Waals surface area contributed by atoms with Crippen molar-refractivity contribution in [1.82, 2.24) is 15.0 Å². The Morgan fingerprint density at radius 3 is 2.50 bits per heavy atom. The van der Waals surface area contributed by atoms with Gasteiger partial charge in [0.2, 0.25) is 0 Å². The lowest BCUT2D eigenvalue weighted by Gasteiger charge is -2.09. The van der Waals surface area contributed by atoms with E-state index in [0.29, 0.717) is 0 Å². The van der Waals surface area contributed by atoms with Gasteiger partial charge in [-0.15, -0.1) is 5.10 Å². The highest BCUT2D eigenvalue weighted by Gasteiger charge is 2.17. The summed E-state index contributed by atoms with van der Waals surface area (Å²) in [7, 11) is 0. The number of aromatic nitrogens is 3. The third-order valence-electron chi connectivity index (χ3n) is 2.99. The average molecular weight is 309 g/mol. The van der Waals surface area contributed by atoms with Crippen LogP contribution in [0.4, 0.5) is 0 Å². The lowest BCUT2D eigenvalue weighted by atomic mass is 10.1. The van der Waals surface area contributed by atoms with Crippen molar-refractivity contribution in [1.29, 1.82) is 0 Å². The Hall–Kier alpha value is -1.20. The van der Waals surface area contributed by atoms with Gasteiger partial charge in [0.1, 0.15) is 5.69 Å². The molecule has 0 aliphatic rings. The standard InChI is InChI=1S/C13H17BrN4/c1-3-11(15)13-12(4-2)18(17-16-13)10-7-5-9(14)6-8-10/h5-8,11H,3-4,15H2,1-2H3. The molecule has 0 fully saturated rings. The zero-order valence-electron chi connectivity index (χ0n) is 10.6. The SMILES string of the molecule is CCc1c(C(N)CC)nnn1-c1ccc(Br)cc1. The number of nitrogens with zero attached hydrogens (tertiary/aromatic N) is 3. The van der Waals surface area contributed by atoms with E-state index in [1.54, 1.807) is 0 Å². The molecular weight excluding hydrogens is 292 g/mol. The Bertz CT molecular complexity index is 518. The lowest BCUT2D eigenvalue weighted by Crippen LogP contribution is -2.12. The number of hydrogen-bond donors (Lipinski definition) is 1. The second-order valence-electron chi connectivity index (χ2n) is 4.18. The third kappa shape index (κ3) is 2.47. The Morgan fingerprint density at radius 1 is 1.28 bits per heavy atom. The molecule has 1 heterocycles. The molecule has 96 valence electrons. The van der Waals surface area contributed by atoms with E-state index in [0.717, 1.165) is 34.4 Å². The van der Waals surface area contributed by atoms with Crippen molar-refractivity contribution < 1.29 is 0 Å². The monoisotopic (exact) mass is 308 g/mol. The summed E-state index contributed by atoms with van der Waals surface area (Å²) in [4.78, 5) is 0. The van der Waals surface area contributed by atoms with Gasteiger partial charge in [-0.05, 0) is 37.1 Å². The summed E-state index contributed by atoms with van der Waals surface area (Å²) in [6, 6.07) is 7.98. The first-order valence-electron chi connectivity index (χ1n) is 6.13. The molecule has 4 nitrogen and oxygen atoms in total. The van der Waals surface area contributed by atoms with Crippen LogP contribution in [0.2, 0.25) is 0 Å². The van der Waals surface area contributed by atoms with E-state index >= 15 is 0 Å². The molecule has 1 aromatic heterocycles. The largest absolute Gasteiger partial charge is 0.323 e. The van der Waals surface area contributed by atoms with Crippen LogP contribution in [0.15, 0.2) is 28.7 Å². The summed E-state index contributed by atoms with van der Waals surface area (Å²) in [5.74, 6) is 0. The van der Waals surface area contributed by atoms with Crippen LogP contribution >= 0.6 is 15.9 Å². The highest BCUT2D eigenvalue weighted by molar-refractivity contribution is 9.10. The van der Waals surface area contributed by atoms with Crippen molar-refractivity contribution in [2.24, 2.45) is 5.73 Å². The molecule has 5 heteroatoms. The van der Waals surface area contributed by atoms with Crippen molar-refractivity contribution in [2.75, 3.05) is 0 Å². The summed E-state index contributed by atoms with van der Waals surface area (Å²) in [6.45, 7) is 4.16. The topological polar surface area (TPSA) is 56.7 Å². The van der Waals surface area contributed by atoms with Gasteiger partial charge >= 0.3 is 0 Å². The Kier molecular flexibility index (Phi) is 4.14. The van der Waals surface area contributed by atoms with Gasteiger partial charge < -0.3 is 5.73 Å². The number of nitrogens with two attached hydrogens (primary N) is 1. The molecule has 1 aromatic carbocycles. The van der Waals surface area contributed by atoms with Crippen LogP contribution < -0.4 is 5.73 Å². The molecule has 1 unspecified atom stereocenters. The molecule has 1 atom stereocenters. The first-order chi connectivity index (χ1) is 8.67. The van der Waals surface area contributed by atoms with Crippen LogP contribution in [0.1, 0.15) is 37.7 Å². The number of rotatable bonds is 4. The van der Waals surface area contributed by atoms with Gasteiger partial charge in [-0.1, -0.05) is 35.0 Å². The lowest BCUT2D eigenvalue weighted by molar-refractivity contribution is 0.665. The van der Waals surface area contributed by atoms with E-state index in [1.165, 1.54) is 0 Å². The summed E-state index contributed by atoms with van der Waals surface area (Å²) in [5, 5.41) is 8.46. The van der Waals surface area contributed by atoms with Gasteiger partial charge in [-0.2, -0.15) is 0 Å². The first kappa shape index (κ1) is 13.2. The fourth-order valence-corrected chi connectivity index (χ4v) is 2.18. The van der Waals surface area contributed by atoms with Gasteiger partial charge in [-0.3, -0.25) is 0 Å². The van der Waals surface area contributed by atoms with Gasteiger partial charge in [-0.25, -0.2) is 4.68 Å². The van der Waals surface area contributed by atoms with Crippen LogP contribution in [0.3, 0.4) is 0 Å². The molecule has 0 radical (unpaired) electrons. The van der Waals surface area contributed by atoms with Crippen molar-refractivity contribution in [3.63, 3.8) is 0 Å². The summed E-state index contributed by atoms with van der Waals surface area (Å²) in [5.41, 5.74) is 9.07. The fraction of sp³-hybridized carbons (Fsp3) is 0.385. The molecule has 0 aliphatic heterocycles. The Balaban J connectivity index is 2.45. The quantitative estimate of drug-likeness (QED) is 0.944. The summed E-state index contributed by atoms with van der Waals surface area (Å²) < 4.78 is 2.92. The second-order valence-corrected chi connectivity index (χ2v) is 5.09. The summed E-state index contributed by atoms with van der Waals surface area (Å²) >= 11 is 3.43. The molecule has 0 saturated heterocycles. The van der Waals surface area contributed by atoms with Gasteiger partial charge in [0.15, 0.2) is 0 Å². The van der Waals surface area contributed by atoms with E-state index in [-0.39, 0.29) is 6.04 Å². The highest BCUT2D eigenvalue weighted by atomic mass is 79.9. The molecule has 0 bridgehead atoms. The maximum atomic E-state index is 6.06. The molecule has 0 amide bonds. The van der Waals surface area contributed by atoms with E-state index in [9.17, 15) is 0 Å². The molecule has 0 saturated carbocycles. The van der Waals surface area contributed by atoms with Crippen LogP contribution in [-0.2, 0) is 6.42 Å². The van der Waals surface area contributed by atoms with Crippen LogP contribution in [-0.4, -0.2) is 15.0 Å². The minimum absolute atomic E-state index is 0.0378. The smallest absolute Gasteiger partial charge is 0.103 e. The van der Waals surface area contributed by atoms with Crippen molar-refractivity contribution in [2.45, 2.75) is 32.7 Å². The number of halogens is 1. The second kappa shape index (κ2) is 5.63. The average Bonchev–Trinajstić information content (AvgIpc) is 2.82. The zero-order chi connectivity index (χ0) is 13.1. The Morgan fingerprint density at radius 2 is 1.94 bits per heavy atom. The number of benzene rings is 1. The normalized spacial score (nSPS) is 12.7. The van der Waals surface area contributed by atoms with Crippen LogP contribution in [0.5, 0.6) is 0 Å². The molecule has 2 aromatic rings. The van der Waals surface area contributed by atoms with E-state index < -0.39 is 0 Å². The third-order valence-corrected chi connectivity index (χ3v) is 3.52. The highest BCUT2D eigenvalue weighted by Crippen LogP contribution is 2.21. The van der Waals surface area contributed by atoms with Crippen molar-refractivity contribution in [3.8, 4) is 5.69 Å². The van der Waals surface area contributed by atoms with Gasteiger partial charge in [0.05, 0.1) is 17.4 Å². The van der Waals surface area contributed by atoms with Crippen molar-refractivity contribution >= 4 is 15.9 Å². The van der Waals surface area contributed by atoms with Crippen LogP contribution in [0.25, 0.3) is 5.69 Å². The van der Waals surface area contributed by atoms with E-state index in [1.807, 2.05) is 28.9 Å². The van der Waals surface area contributed by atoms with E-state index in [2.05, 4.69) is 40.1 Å². The molecular formula is C13H17BrN4. The summed E-state index contributed by atoms with van der Waals surface area (Å²) in [6.07, 6.45) is 1.73. The minimum atomic E-state index is -0.0378. The predicted octanol–water partition coefficient (Wildman–Crippen LogP) is 3.00. The fourth-order valence-electron chi connectivity index (χ4n) is 1.92. The predicted molar refractivity (Wildman–Crippen MR) is 75.7 cm³/mol. The maximum Gasteiger partial charge on any atom is 0.103 e. The maximum absolute atomic E-state index is 6.06. The molecule has 2 N–H and O–H groups in total. The minimum Gasteiger partial charge on any atom is -0.323 e. The van der Waals surface area contributed by atoms with Gasteiger partial charge in [0, 0.05) is 4.47 Å². The van der Waals surface area contributed by atoms with Crippen molar-refractivity contribution in [3.05, 3.63) is 40.1 Å². The van der Waals surface area contributed by atoms with Crippen LogP contribution in [0, 0.1) is 0 Å². The molecule has 0 spiro atoms. The van der Waals surface area contributed by atoms with E-state index in [4.69, 9.17) is 5.73 Å². The Labute approximate surface area is 115 Å². The molecule has 2 rings (SSSR count). The molecule has 0 aliphatic carbocycles.